The fourth-order valence-electron chi connectivity index (χ4n) is 1.72. The number of nitrogens with zero attached hydrogens (tertiary/aromatic N) is 1. The van der Waals surface area contributed by atoms with Gasteiger partial charge in [-0.25, -0.2) is 8.42 Å². The van der Waals surface area contributed by atoms with Crippen molar-refractivity contribution in [3.63, 3.8) is 0 Å². The van der Waals surface area contributed by atoms with Gasteiger partial charge in [0.25, 0.3) is 15.9 Å². The first-order valence-electron chi connectivity index (χ1n) is 6.95. The smallest absolute Gasteiger partial charge is 0.264 e. The van der Waals surface area contributed by atoms with Crippen molar-refractivity contribution in [2.24, 2.45) is 0 Å². The molecule has 0 radical (unpaired) electrons. The molecule has 0 unspecified atom stereocenters. The van der Waals surface area contributed by atoms with Crippen LogP contribution in [0.15, 0.2) is 29.2 Å². The zero-order valence-corrected chi connectivity index (χ0v) is 14.3. The van der Waals surface area contributed by atoms with Crippen LogP contribution in [0.3, 0.4) is 0 Å². The number of hydrogen-bond donors (Lipinski definition) is 2. The topological polar surface area (TPSA) is 105 Å². The molecule has 0 aliphatic carbocycles. The lowest BCUT2D eigenvalue weighted by Crippen LogP contribution is -2.44. The maximum atomic E-state index is 12.2. The van der Waals surface area contributed by atoms with Crippen LogP contribution in [0.25, 0.3) is 0 Å². The number of carbonyl (C=O) groups excluding carboxylic acids is 2. The van der Waals surface area contributed by atoms with E-state index in [1.165, 1.54) is 38.4 Å². The van der Waals surface area contributed by atoms with Gasteiger partial charge < -0.3 is 10.6 Å². The molecule has 0 spiro atoms. The number of hydrogen-bond acceptors (Lipinski definition) is 5. The molecule has 128 valence electrons. The standard InChI is InChI=1S/C14H21N3O5S/c1-5-15-13(18)10(2)16-14(19)11-7-6-8-12(9-11)23(20,21)17(3)22-4/h6-10H,5H2,1-4H3,(H,15,18)(H,16,19)/t10-/m0/s1. The highest BCUT2D eigenvalue weighted by atomic mass is 32.2. The highest BCUT2D eigenvalue weighted by Crippen LogP contribution is 2.16. The minimum Gasteiger partial charge on any atom is -0.355 e. The van der Waals surface area contributed by atoms with Gasteiger partial charge in [-0.15, -0.1) is 0 Å². The Bertz CT molecular complexity index is 675. The summed E-state index contributed by atoms with van der Waals surface area (Å²) in [5, 5.41) is 5.10. The Kier molecular flexibility index (Phi) is 6.67. The lowest BCUT2D eigenvalue weighted by atomic mass is 10.2. The van der Waals surface area contributed by atoms with Gasteiger partial charge in [-0.3, -0.25) is 14.4 Å². The van der Waals surface area contributed by atoms with Gasteiger partial charge in [0.15, 0.2) is 0 Å². The molecule has 8 nitrogen and oxygen atoms in total. The van der Waals surface area contributed by atoms with Crippen molar-refractivity contribution in [1.29, 1.82) is 0 Å². The maximum absolute atomic E-state index is 12.2. The molecule has 1 atom stereocenters. The predicted molar refractivity (Wildman–Crippen MR) is 84.0 cm³/mol. The van der Waals surface area contributed by atoms with E-state index < -0.39 is 22.0 Å². The summed E-state index contributed by atoms with van der Waals surface area (Å²) in [4.78, 5) is 28.4. The second-order valence-electron chi connectivity index (χ2n) is 4.71. The van der Waals surface area contributed by atoms with E-state index in [9.17, 15) is 18.0 Å². The minimum absolute atomic E-state index is 0.0832. The number of rotatable bonds is 7. The van der Waals surface area contributed by atoms with Crippen LogP contribution < -0.4 is 10.6 Å². The van der Waals surface area contributed by atoms with Crippen molar-refractivity contribution < 1.29 is 22.8 Å². The molecule has 1 aromatic carbocycles. The normalized spacial score (nSPS) is 12.7. The van der Waals surface area contributed by atoms with Crippen LogP contribution in [-0.4, -0.2) is 51.4 Å². The Labute approximate surface area is 135 Å². The molecule has 1 aromatic rings. The fraction of sp³-hybridized carbons (Fsp3) is 0.429. The van der Waals surface area contributed by atoms with Crippen molar-refractivity contribution in [1.82, 2.24) is 15.1 Å². The van der Waals surface area contributed by atoms with E-state index in [1.54, 1.807) is 13.8 Å². The van der Waals surface area contributed by atoms with Crippen LogP contribution in [0.4, 0.5) is 0 Å². The lowest BCUT2D eigenvalue weighted by Gasteiger charge is -2.16. The summed E-state index contributed by atoms with van der Waals surface area (Å²) < 4.78 is 25.0. The van der Waals surface area contributed by atoms with Crippen LogP contribution >= 0.6 is 0 Å². The molecule has 0 heterocycles. The average molecular weight is 343 g/mol. The average Bonchev–Trinajstić information content (AvgIpc) is 2.54. The van der Waals surface area contributed by atoms with Gasteiger partial charge in [-0.05, 0) is 32.0 Å². The first kappa shape index (κ1) is 19.1. The monoisotopic (exact) mass is 343 g/mol. The van der Waals surface area contributed by atoms with Crippen LogP contribution in [0, 0.1) is 0 Å². The van der Waals surface area contributed by atoms with Crippen LogP contribution in [-0.2, 0) is 19.7 Å². The van der Waals surface area contributed by atoms with Crippen molar-refractivity contribution in [3.8, 4) is 0 Å². The second-order valence-corrected chi connectivity index (χ2v) is 6.65. The SMILES string of the molecule is CCNC(=O)[C@H](C)NC(=O)c1cccc(S(=O)(=O)N(C)OC)c1. The van der Waals surface area contributed by atoms with Gasteiger partial charge in [0, 0.05) is 19.2 Å². The molecule has 0 saturated carbocycles. The first-order chi connectivity index (χ1) is 10.7. The second kappa shape index (κ2) is 8.04. The lowest BCUT2D eigenvalue weighted by molar-refractivity contribution is -0.122. The molecule has 2 N–H and O–H groups in total. The number of carbonyl (C=O) groups is 2. The van der Waals surface area contributed by atoms with Gasteiger partial charge >= 0.3 is 0 Å². The molecular formula is C14H21N3O5S. The molecule has 1 rings (SSSR count). The molecule has 9 heteroatoms. The van der Waals surface area contributed by atoms with E-state index in [2.05, 4.69) is 15.5 Å². The van der Waals surface area contributed by atoms with E-state index in [0.717, 1.165) is 0 Å². The molecule has 0 fully saturated rings. The molecule has 0 saturated heterocycles. The highest BCUT2D eigenvalue weighted by molar-refractivity contribution is 7.89. The fourth-order valence-corrected chi connectivity index (χ4v) is 2.74. The molecule has 0 aliphatic rings. The van der Waals surface area contributed by atoms with Gasteiger partial charge in [-0.1, -0.05) is 10.5 Å². The van der Waals surface area contributed by atoms with E-state index >= 15 is 0 Å². The van der Waals surface area contributed by atoms with Crippen molar-refractivity contribution in [3.05, 3.63) is 29.8 Å². The molecule has 0 bridgehead atoms. The summed E-state index contributed by atoms with van der Waals surface area (Å²) in [6.07, 6.45) is 0. The summed E-state index contributed by atoms with van der Waals surface area (Å²) in [5.41, 5.74) is 0.131. The third-order valence-electron chi connectivity index (χ3n) is 3.08. The van der Waals surface area contributed by atoms with Crippen molar-refractivity contribution in [2.45, 2.75) is 24.8 Å². The number of amides is 2. The van der Waals surface area contributed by atoms with Gasteiger partial charge in [-0.2, -0.15) is 0 Å². The predicted octanol–water partition coefficient (Wildman–Crippen LogP) is 0.123. The van der Waals surface area contributed by atoms with E-state index in [4.69, 9.17) is 0 Å². The molecule has 23 heavy (non-hydrogen) atoms. The van der Waals surface area contributed by atoms with Gasteiger partial charge in [0.1, 0.15) is 6.04 Å². The number of hydroxylamine groups is 1. The molecule has 0 aliphatic heterocycles. The summed E-state index contributed by atoms with van der Waals surface area (Å²) in [7, 11) is -1.37. The van der Waals surface area contributed by atoms with Gasteiger partial charge in [0.05, 0.1) is 12.0 Å². The Hall–Kier alpha value is -1.97. The summed E-state index contributed by atoms with van der Waals surface area (Å²) in [6.45, 7) is 3.77. The zero-order chi connectivity index (χ0) is 17.6. The van der Waals surface area contributed by atoms with Crippen LogP contribution in [0.5, 0.6) is 0 Å². The Morgan fingerprint density at radius 1 is 1.35 bits per heavy atom. The maximum Gasteiger partial charge on any atom is 0.264 e. The third-order valence-corrected chi connectivity index (χ3v) is 4.76. The number of sulfonamides is 1. The van der Waals surface area contributed by atoms with E-state index in [-0.39, 0.29) is 16.4 Å². The quantitative estimate of drug-likeness (QED) is 0.685. The van der Waals surface area contributed by atoms with Gasteiger partial charge in [0.2, 0.25) is 5.91 Å². The van der Waals surface area contributed by atoms with Crippen LogP contribution in [0.1, 0.15) is 24.2 Å². The number of nitrogens with one attached hydrogen (secondary N) is 2. The summed E-state index contributed by atoms with van der Waals surface area (Å²) in [5.74, 6) is -0.857. The largest absolute Gasteiger partial charge is 0.355 e. The van der Waals surface area contributed by atoms with E-state index in [0.29, 0.717) is 11.0 Å². The third kappa shape index (κ3) is 4.75. The van der Waals surface area contributed by atoms with E-state index in [1.807, 2.05) is 0 Å². The van der Waals surface area contributed by atoms with Crippen molar-refractivity contribution >= 4 is 21.8 Å². The molecular weight excluding hydrogens is 322 g/mol. The van der Waals surface area contributed by atoms with Crippen LogP contribution in [0.2, 0.25) is 0 Å². The molecule has 0 aromatic heterocycles. The number of benzene rings is 1. The molecule has 2 amide bonds. The Balaban J connectivity index is 2.97. The van der Waals surface area contributed by atoms with Crippen molar-refractivity contribution in [2.75, 3.05) is 20.7 Å². The summed E-state index contributed by atoms with van der Waals surface area (Å²) in [6, 6.07) is 4.76. The highest BCUT2D eigenvalue weighted by Gasteiger charge is 2.22. The zero-order valence-electron chi connectivity index (χ0n) is 13.5. The minimum atomic E-state index is -3.85. The summed E-state index contributed by atoms with van der Waals surface area (Å²) >= 11 is 0. The Morgan fingerprint density at radius 2 is 2.00 bits per heavy atom. The number of likely N-dealkylation sites (N-methyl/N-ethyl adjacent to an activating group) is 1. The Morgan fingerprint density at radius 3 is 2.57 bits per heavy atom. The first-order valence-corrected chi connectivity index (χ1v) is 8.39.